The van der Waals surface area contributed by atoms with Crippen molar-refractivity contribution in [3.8, 4) is 0 Å². The summed E-state index contributed by atoms with van der Waals surface area (Å²) in [7, 11) is 0. The minimum absolute atomic E-state index is 0.0720. The van der Waals surface area contributed by atoms with Gasteiger partial charge >= 0.3 is 0 Å². The Morgan fingerprint density at radius 1 is 0.471 bits per heavy atom. The van der Waals surface area contributed by atoms with E-state index in [-0.39, 0.29) is 73.0 Å². The van der Waals surface area contributed by atoms with Gasteiger partial charge in [-0.05, 0) is 0 Å². The number of nitrogens with zero attached hydrogens (tertiary/aromatic N) is 2. The molecule has 0 rings (SSSR count). The fraction of sp³-hybridized carbons (Fsp3) is 0.846. The van der Waals surface area contributed by atoms with Crippen molar-refractivity contribution >= 4 is 23.1 Å². The second-order valence-electron chi connectivity index (χ2n) is 10.1. The molecule has 0 N–H and O–H groups in total. The maximum Gasteiger partial charge on any atom is 0.149 e. The van der Waals surface area contributed by atoms with Crippen molar-refractivity contribution in [1.82, 2.24) is 9.80 Å². The number of hydrogen-bond donors (Lipinski definition) is 0. The van der Waals surface area contributed by atoms with E-state index in [1.54, 1.807) is 0 Å². The number of Topliss-reactive ketones (excluding diaryl/α,β-unsaturated/α-hetero) is 4. The largest absolute Gasteiger partial charge is 0.378 e. The molecule has 0 unspecified atom stereocenters. The monoisotopic (exact) mass is 484 g/mol. The predicted molar refractivity (Wildman–Crippen MR) is 134 cm³/mol. The van der Waals surface area contributed by atoms with Crippen molar-refractivity contribution in [2.24, 2.45) is 23.7 Å². The van der Waals surface area contributed by atoms with Gasteiger partial charge in [0.2, 0.25) is 0 Å². The third-order valence-corrected chi connectivity index (χ3v) is 5.57. The van der Waals surface area contributed by atoms with Crippen molar-refractivity contribution in [3.05, 3.63) is 0 Å². The first-order chi connectivity index (χ1) is 15.8. The fourth-order valence-corrected chi connectivity index (χ4v) is 2.75. The van der Waals surface area contributed by atoms with Crippen LogP contribution in [-0.4, -0.2) is 98.6 Å². The van der Waals surface area contributed by atoms with Gasteiger partial charge in [-0.15, -0.1) is 0 Å². The summed E-state index contributed by atoms with van der Waals surface area (Å²) in [5, 5.41) is 0. The van der Waals surface area contributed by atoms with Gasteiger partial charge in [-0.2, -0.15) is 0 Å². The van der Waals surface area contributed by atoms with Crippen LogP contribution in [0, 0.1) is 23.7 Å². The van der Waals surface area contributed by atoms with E-state index in [9.17, 15) is 19.2 Å². The van der Waals surface area contributed by atoms with Crippen molar-refractivity contribution < 1.29 is 28.7 Å². The van der Waals surface area contributed by atoms with E-state index in [1.165, 1.54) is 0 Å². The van der Waals surface area contributed by atoms with Crippen LogP contribution in [0.1, 0.15) is 55.4 Å². The lowest BCUT2D eigenvalue weighted by Gasteiger charge is -2.23. The van der Waals surface area contributed by atoms with Gasteiger partial charge in [-0.25, -0.2) is 0 Å². The maximum absolute atomic E-state index is 12.1. The predicted octanol–water partition coefficient (Wildman–Crippen LogP) is 2.52. The summed E-state index contributed by atoms with van der Waals surface area (Å²) in [6.45, 7) is 18.4. The third kappa shape index (κ3) is 15.4. The molecule has 0 atom stereocenters. The summed E-state index contributed by atoms with van der Waals surface area (Å²) in [5.41, 5.74) is 0. The number of hydrogen-bond acceptors (Lipinski definition) is 8. The lowest BCUT2D eigenvalue weighted by molar-refractivity contribution is -0.128. The molecule has 0 spiro atoms. The summed E-state index contributed by atoms with van der Waals surface area (Å²) in [5.74, 6) is 0.143. The molecule has 0 aliphatic rings. The van der Waals surface area contributed by atoms with Gasteiger partial charge in [0, 0.05) is 36.8 Å². The standard InChI is InChI=1S/C26H48N2O6/c1-19(2)23(29)15-27(16-24(30)20(3)4)9-11-33-13-14-34-12-10-28(17-25(31)21(5)6)18-26(32)22(7)8/h19-22H,9-18H2,1-8H3. The van der Waals surface area contributed by atoms with Gasteiger partial charge in [0.25, 0.3) is 0 Å². The van der Waals surface area contributed by atoms with Crippen LogP contribution in [0.3, 0.4) is 0 Å². The van der Waals surface area contributed by atoms with E-state index in [0.717, 1.165) is 0 Å². The Hall–Kier alpha value is -1.48. The number of carbonyl (C=O) groups excluding carboxylic acids is 4. The number of rotatable bonds is 21. The zero-order valence-corrected chi connectivity index (χ0v) is 22.7. The Balaban J connectivity index is 4.36. The van der Waals surface area contributed by atoms with Crippen LogP contribution < -0.4 is 0 Å². The molecule has 0 amide bonds. The molecule has 0 fully saturated rings. The number of ketones is 4. The first-order valence-electron chi connectivity index (χ1n) is 12.6. The summed E-state index contributed by atoms with van der Waals surface area (Å²) in [6.07, 6.45) is 0. The Morgan fingerprint density at radius 3 is 0.912 bits per heavy atom. The molecule has 8 heteroatoms. The Morgan fingerprint density at radius 2 is 0.706 bits per heavy atom. The lowest BCUT2D eigenvalue weighted by Crippen LogP contribution is -2.39. The van der Waals surface area contributed by atoms with E-state index in [0.29, 0.717) is 39.5 Å². The Labute approximate surface area is 206 Å². The van der Waals surface area contributed by atoms with Crippen molar-refractivity contribution in [3.63, 3.8) is 0 Å². The summed E-state index contributed by atoms with van der Waals surface area (Å²) >= 11 is 0. The van der Waals surface area contributed by atoms with Crippen LogP contribution in [-0.2, 0) is 28.7 Å². The topological polar surface area (TPSA) is 93.2 Å². The fourth-order valence-electron chi connectivity index (χ4n) is 2.75. The molecule has 0 saturated carbocycles. The summed E-state index contributed by atoms with van der Waals surface area (Å²) in [6, 6.07) is 0. The molecular formula is C26H48N2O6. The molecule has 0 heterocycles. The molecule has 0 aliphatic carbocycles. The van der Waals surface area contributed by atoms with Crippen molar-refractivity contribution in [1.29, 1.82) is 0 Å². The molecule has 34 heavy (non-hydrogen) atoms. The second-order valence-corrected chi connectivity index (χ2v) is 10.1. The highest BCUT2D eigenvalue weighted by atomic mass is 16.5. The van der Waals surface area contributed by atoms with Crippen LogP contribution in [0.4, 0.5) is 0 Å². The molecule has 0 aliphatic heterocycles. The summed E-state index contributed by atoms with van der Waals surface area (Å²) < 4.78 is 11.3. The molecule has 0 aromatic heterocycles. The smallest absolute Gasteiger partial charge is 0.149 e. The van der Waals surface area contributed by atoms with Crippen LogP contribution in [0.5, 0.6) is 0 Å². The molecule has 0 aromatic carbocycles. The first-order valence-corrected chi connectivity index (χ1v) is 12.6. The van der Waals surface area contributed by atoms with Crippen LogP contribution in [0.15, 0.2) is 0 Å². The highest BCUT2D eigenvalue weighted by molar-refractivity contribution is 5.85. The average molecular weight is 485 g/mol. The highest BCUT2D eigenvalue weighted by Crippen LogP contribution is 2.04. The van der Waals surface area contributed by atoms with E-state index in [2.05, 4.69) is 0 Å². The number of ether oxygens (including phenoxy) is 2. The van der Waals surface area contributed by atoms with E-state index < -0.39 is 0 Å². The van der Waals surface area contributed by atoms with Crippen molar-refractivity contribution in [2.75, 3.05) is 65.7 Å². The SMILES string of the molecule is CC(C)C(=O)CN(CCOCCOCCN(CC(=O)C(C)C)CC(=O)C(C)C)CC(=O)C(C)C. The van der Waals surface area contributed by atoms with E-state index in [1.807, 2.05) is 65.2 Å². The normalized spacial score (nSPS) is 12.1. The third-order valence-electron chi connectivity index (χ3n) is 5.57. The van der Waals surface area contributed by atoms with Gasteiger partial charge in [0.15, 0.2) is 0 Å². The van der Waals surface area contributed by atoms with Crippen LogP contribution >= 0.6 is 0 Å². The minimum Gasteiger partial charge on any atom is -0.378 e. The summed E-state index contributed by atoms with van der Waals surface area (Å²) in [4.78, 5) is 52.2. The van der Waals surface area contributed by atoms with Crippen LogP contribution in [0.25, 0.3) is 0 Å². The average Bonchev–Trinajstić information content (AvgIpc) is 2.74. The number of carbonyl (C=O) groups is 4. The van der Waals surface area contributed by atoms with Gasteiger partial charge in [-0.1, -0.05) is 55.4 Å². The molecule has 198 valence electrons. The second kappa shape index (κ2) is 17.9. The van der Waals surface area contributed by atoms with E-state index in [4.69, 9.17) is 9.47 Å². The molecule has 0 saturated heterocycles. The van der Waals surface area contributed by atoms with Gasteiger partial charge in [0.1, 0.15) is 23.1 Å². The van der Waals surface area contributed by atoms with Crippen LogP contribution in [0.2, 0.25) is 0 Å². The van der Waals surface area contributed by atoms with Gasteiger partial charge in [-0.3, -0.25) is 29.0 Å². The van der Waals surface area contributed by atoms with Gasteiger partial charge < -0.3 is 9.47 Å². The van der Waals surface area contributed by atoms with Gasteiger partial charge in [0.05, 0.1) is 52.6 Å². The van der Waals surface area contributed by atoms with E-state index >= 15 is 0 Å². The zero-order valence-electron chi connectivity index (χ0n) is 22.7. The highest BCUT2D eigenvalue weighted by Gasteiger charge is 2.19. The Bertz CT molecular complexity index is 533. The molecule has 0 radical (unpaired) electrons. The molecule has 8 nitrogen and oxygen atoms in total. The lowest BCUT2D eigenvalue weighted by atomic mass is 10.1. The zero-order chi connectivity index (χ0) is 26.3. The maximum atomic E-state index is 12.1. The minimum atomic E-state index is -0.0720. The molecule has 0 bridgehead atoms. The molecule has 0 aromatic rings. The Kier molecular flexibility index (Phi) is 17.1. The molecular weight excluding hydrogens is 436 g/mol. The first kappa shape index (κ1) is 32.5. The quantitative estimate of drug-likeness (QED) is 0.230. The van der Waals surface area contributed by atoms with Crippen molar-refractivity contribution in [2.45, 2.75) is 55.4 Å².